The molecule has 1 unspecified atom stereocenters. The Bertz CT molecular complexity index is 588. The summed E-state index contributed by atoms with van der Waals surface area (Å²) in [6.07, 6.45) is 0. The summed E-state index contributed by atoms with van der Waals surface area (Å²) in [5.41, 5.74) is 0.526. The van der Waals surface area contributed by atoms with Gasteiger partial charge in [-0.05, 0) is 30.8 Å². The quantitative estimate of drug-likeness (QED) is 0.772. The van der Waals surface area contributed by atoms with Crippen molar-refractivity contribution in [1.29, 1.82) is 0 Å². The molecule has 21 heavy (non-hydrogen) atoms. The van der Waals surface area contributed by atoms with Gasteiger partial charge in [-0.3, -0.25) is 0 Å². The van der Waals surface area contributed by atoms with Crippen LogP contribution in [0.3, 0.4) is 0 Å². The minimum absolute atomic E-state index is 0.00129. The molecule has 0 radical (unpaired) electrons. The molecule has 0 aliphatic heterocycles. The van der Waals surface area contributed by atoms with Crippen molar-refractivity contribution >= 4 is 35.0 Å². The maximum absolute atomic E-state index is 9.90. The van der Waals surface area contributed by atoms with Crippen LogP contribution in [-0.4, -0.2) is 24.5 Å². The predicted molar refractivity (Wildman–Crippen MR) is 91.5 cm³/mol. The van der Waals surface area contributed by atoms with Gasteiger partial charge in [0.1, 0.15) is 0 Å². The topological polar surface area (TPSA) is 32.3 Å². The van der Waals surface area contributed by atoms with Crippen LogP contribution < -0.4 is 5.32 Å². The standard InChI is InChI=1S/C16H17Cl2NOS/c1-19-16(10-20,12-5-3-2-4-6-12)11-21-15-9-13(17)7-8-14(15)18/h2-9,19-20H,10-11H2,1H3. The molecule has 0 amide bonds. The first-order chi connectivity index (χ1) is 10.1. The summed E-state index contributed by atoms with van der Waals surface area (Å²) in [6.45, 7) is -0.00129. The number of hydrogen-bond donors (Lipinski definition) is 2. The minimum Gasteiger partial charge on any atom is -0.394 e. The van der Waals surface area contributed by atoms with Crippen molar-refractivity contribution in [2.75, 3.05) is 19.4 Å². The highest BCUT2D eigenvalue weighted by atomic mass is 35.5. The molecule has 2 rings (SSSR count). The zero-order valence-corrected chi connectivity index (χ0v) is 14.0. The number of hydrogen-bond acceptors (Lipinski definition) is 3. The molecule has 2 aromatic rings. The SMILES string of the molecule is CNC(CO)(CSc1cc(Cl)ccc1Cl)c1ccccc1. The van der Waals surface area contributed by atoms with Gasteiger partial charge < -0.3 is 10.4 Å². The Kier molecular flexibility index (Phi) is 5.97. The summed E-state index contributed by atoms with van der Waals surface area (Å²) < 4.78 is 0. The summed E-state index contributed by atoms with van der Waals surface area (Å²) in [4.78, 5) is 0.910. The smallest absolute Gasteiger partial charge is 0.0761 e. The number of nitrogens with one attached hydrogen (secondary N) is 1. The number of aliphatic hydroxyl groups is 1. The van der Waals surface area contributed by atoms with Crippen LogP contribution in [0.1, 0.15) is 5.56 Å². The van der Waals surface area contributed by atoms with E-state index in [1.807, 2.05) is 43.4 Å². The molecule has 0 heterocycles. The van der Waals surface area contributed by atoms with E-state index < -0.39 is 5.54 Å². The molecule has 0 spiro atoms. The lowest BCUT2D eigenvalue weighted by Gasteiger charge is -2.32. The van der Waals surface area contributed by atoms with E-state index in [0.29, 0.717) is 15.8 Å². The zero-order valence-electron chi connectivity index (χ0n) is 11.6. The lowest BCUT2D eigenvalue weighted by molar-refractivity contribution is 0.187. The fourth-order valence-electron chi connectivity index (χ4n) is 2.06. The summed E-state index contributed by atoms with van der Waals surface area (Å²) in [5, 5.41) is 14.5. The summed E-state index contributed by atoms with van der Waals surface area (Å²) in [6, 6.07) is 15.3. The third-order valence-corrected chi connectivity index (χ3v) is 5.40. The first-order valence-corrected chi connectivity index (χ1v) is 8.28. The maximum atomic E-state index is 9.90. The molecule has 112 valence electrons. The predicted octanol–water partition coefficient (Wildman–Crippen LogP) is 4.19. The molecule has 0 aliphatic rings. The summed E-state index contributed by atoms with van der Waals surface area (Å²) in [7, 11) is 1.85. The van der Waals surface area contributed by atoms with Crippen molar-refractivity contribution in [2.24, 2.45) is 0 Å². The second kappa shape index (κ2) is 7.52. The highest BCUT2D eigenvalue weighted by Gasteiger charge is 2.30. The van der Waals surface area contributed by atoms with Crippen molar-refractivity contribution in [3.63, 3.8) is 0 Å². The molecule has 5 heteroatoms. The molecule has 0 aliphatic carbocycles. The lowest BCUT2D eigenvalue weighted by Crippen LogP contribution is -2.45. The third-order valence-electron chi connectivity index (χ3n) is 3.44. The van der Waals surface area contributed by atoms with Gasteiger partial charge in [0.25, 0.3) is 0 Å². The molecule has 2 nitrogen and oxygen atoms in total. The van der Waals surface area contributed by atoms with E-state index in [9.17, 15) is 5.11 Å². The molecule has 2 aromatic carbocycles. The number of thioether (sulfide) groups is 1. The average molecular weight is 342 g/mol. The molecule has 0 aromatic heterocycles. The van der Waals surface area contributed by atoms with Crippen LogP contribution in [0.4, 0.5) is 0 Å². The van der Waals surface area contributed by atoms with E-state index >= 15 is 0 Å². The average Bonchev–Trinajstić information content (AvgIpc) is 2.53. The number of likely N-dealkylation sites (N-methyl/N-ethyl adjacent to an activating group) is 1. The maximum Gasteiger partial charge on any atom is 0.0761 e. The summed E-state index contributed by atoms with van der Waals surface area (Å²) >= 11 is 13.8. The van der Waals surface area contributed by atoms with Gasteiger partial charge >= 0.3 is 0 Å². The molecule has 1 atom stereocenters. The highest BCUT2D eigenvalue weighted by Crippen LogP contribution is 2.34. The second-order valence-electron chi connectivity index (χ2n) is 4.72. The molecule has 2 N–H and O–H groups in total. The van der Waals surface area contributed by atoms with Crippen molar-refractivity contribution in [2.45, 2.75) is 10.4 Å². The van der Waals surface area contributed by atoms with Crippen molar-refractivity contribution < 1.29 is 5.11 Å². The number of benzene rings is 2. The number of halogens is 2. The second-order valence-corrected chi connectivity index (χ2v) is 6.58. The molecule has 0 saturated carbocycles. The Hall–Kier alpha value is -0.710. The monoisotopic (exact) mass is 341 g/mol. The van der Waals surface area contributed by atoms with Crippen LogP contribution >= 0.6 is 35.0 Å². The van der Waals surface area contributed by atoms with Gasteiger partial charge in [0.2, 0.25) is 0 Å². The van der Waals surface area contributed by atoms with Gasteiger partial charge in [-0.2, -0.15) is 0 Å². The van der Waals surface area contributed by atoms with Gasteiger partial charge in [0.05, 0.1) is 17.2 Å². The van der Waals surface area contributed by atoms with Gasteiger partial charge in [-0.15, -0.1) is 11.8 Å². The fraction of sp³-hybridized carbons (Fsp3) is 0.250. The number of rotatable bonds is 6. The van der Waals surface area contributed by atoms with Crippen molar-refractivity contribution in [3.8, 4) is 0 Å². The van der Waals surface area contributed by atoms with Crippen LogP contribution in [0.2, 0.25) is 10.0 Å². The Morgan fingerprint density at radius 3 is 2.48 bits per heavy atom. The summed E-state index contributed by atoms with van der Waals surface area (Å²) in [5.74, 6) is 0.643. The molecule has 0 bridgehead atoms. The van der Waals surface area contributed by atoms with E-state index in [1.54, 1.807) is 23.9 Å². The highest BCUT2D eigenvalue weighted by molar-refractivity contribution is 7.99. The van der Waals surface area contributed by atoms with Crippen LogP contribution in [-0.2, 0) is 5.54 Å². The third kappa shape index (κ3) is 3.93. The first-order valence-electron chi connectivity index (χ1n) is 6.54. The van der Waals surface area contributed by atoms with Gasteiger partial charge in [-0.25, -0.2) is 0 Å². The van der Waals surface area contributed by atoms with Crippen LogP contribution in [0.25, 0.3) is 0 Å². The Balaban J connectivity index is 2.23. The van der Waals surface area contributed by atoms with E-state index in [1.165, 1.54) is 0 Å². The van der Waals surface area contributed by atoms with Gasteiger partial charge in [0.15, 0.2) is 0 Å². The van der Waals surface area contributed by atoms with E-state index in [-0.39, 0.29) is 6.61 Å². The molecule has 0 saturated heterocycles. The number of aliphatic hydroxyl groups excluding tert-OH is 1. The Morgan fingerprint density at radius 1 is 1.14 bits per heavy atom. The van der Waals surface area contributed by atoms with E-state index in [2.05, 4.69) is 5.32 Å². The minimum atomic E-state index is -0.516. The molecular formula is C16H17Cl2NOS. The van der Waals surface area contributed by atoms with E-state index in [4.69, 9.17) is 23.2 Å². The van der Waals surface area contributed by atoms with Crippen LogP contribution in [0, 0.1) is 0 Å². The van der Waals surface area contributed by atoms with E-state index in [0.717, 1.165) is 10.5 Å². The molecule has 0 fully saturated rings. The fourth-order valence-corrected chi connectivity index (χ4v) is 3.80. The van der Waals surface area contributed by atoms with Crippen LogP contribution in [0.5, 0.6) is 0 Å². The van der Waals surface area contributed by atoms with Crippen LogP contribution in [0.15, 0.2) is 53.4 Å². The molecular weight excluding hydrogens is 325 g/mol. The van der Waals surface area contributed by atoms with Crippen molar-refractivity contribution in [3.05, 3.63) is 64.1 Å². The Morgan fingerprint density at radius 2 is 1.86 bits per heavy atom. The lowest BCUT2D eigenvalue weighted by atomic mass is 9.93. The zero-order chi connectivity index (χ0) is 15.3. The largest absolute Gasteiger partial charge is 0.394 e. The normalized spacial score (nSPS) is 13.9. The van der Waals surface area contributed by atoms with Gasteiger partial charge in [-0.1, -0.05) is 53.5 Å². The van der Waals surface area contributed by atoms with Crippen molar-refractivity contribution in [1.82, 2.24) is 5.32 Å². The van der Waals surface area contributed by atoms with Gasteiger partial charge in [0, 0.05) is 15.7 Å². The first kappa shape index (κ1) is 16.7. The Labute approximate surface area is 139 Å².